The molecule has 0 saturated carbocycles. The van der Waals surface area contributed by atoms with Gasteiger partial charge >= 0.3 is 5.97 Å². The molecule has 156 valence electrons. The van der Waals surface area contributed by atoms with Crippen LogP contribution in [0.25, 0.3) is 0 Å². The number of quaternary nitrogens is 1. The fraction of sp³-hybridized carbons (Fsp3) is 0.944. The molecule has 7 nitrogen and oxygen atoms in total. The van der Waals surface area contributed by atoms with Crippen molar-refractivity contribution in [2.24, 2.45) is 5.73 Å². The second-order valence-corrected chi connectivity index (χ2v) is 10.00. The van der Waals surface area contributed by atoms with Gasteiger partial charge in [0.1, 0.15) is 0 Å². The number of rotatable bonds is 16. The van der Waals surface area contributed by atoms with Crippen LogP contribution < -0.4 is 10.5 Å². The predicted octanol–water partition coefficient (Wildman–Crippen LogP) is 2.27. The summed E-state index contributed by atoms with van der Waals surface area (Å²) < 4.78 is 27.8. The van der Waals surface area contributed by atoms with Gasteiger partial charge in [-0.3, -0.25) is 10.5 Å². The molecule has 0 bridgehead atoms. The number of nitrogens with one attached hydrogen (secondary N) is 1. The molecule has 0 aromatic carbocycles. The van der Waals surface area contributed by atoms with Gasteiger partial charge in [0, 0.05) is 6.54 Å². The van der Waals surface area contributed by atoms with Crippen LogP contribution in [0.2, 0.25) is 0 Å². The van der Waals surface area contributed by atoms with Crippen LogP contribution in [0.4, 0.5) is 0 Å². The van der Waals surface area contributed by atoms with E-state index in [0.29, 0.717) is 6.54 Å². The molecule has 8 heteroatoms. The largest absolute Gasteiger partial charge is 0.481 e. The molecular weight excluding hydrogens is 354 g/mol. The summed E-state index contributed by atoms with van der Waals surface area (Å²) >= 11 is 0. The second kappa shape index (κ2) is 12.6. The zero-order valence-electron chi connectivity index (χ0n) is 17.0. The molecule has 0 heterocycles. The first kappa shape index (κ1) is 25.3. The van der Waals surface area contributed by atoms with Crippen molar-refractivity contribution < 1.29 is 22.8 Å². The molecule has 0 saturated heterocycles. The number of carbonyl (C=O) groups is 1. The van der Waals surface area contributed by atoms with Crippen LogP contribution >= 0.6 is 0 Å². The zero-order chi connectivity index (χ0) is 20.2. The smallest absolute Gasteiger partial charge is 0.305 e. The lowest BCUT2D eigenvalue weighted by atomic mass is 10.1. The van der Waals surface area contributed by atoms with Gasteiger partial charge in [-0.2, -0.15) is 0 Å². The van der Waals surface area contributed by atoms with Gasteiger partial charge in [0.25, 0.3) is 0 Å². The summed E-state index contributed by atoms with van der Waals surface area (Å²) in [7, 11) is 1.50. The molecule has 0 fully saturated rings. The first-order chi connectivity index (χ1) is 12.0. The van der Waals surface area contributed by atoms with Crippen LogP contribution in [-0.4, -0.2) is 63.1 Å². The fourth-order valence-electron chi connectivity index (χ4n) is 2.84. The highest BCUT2D eigenvalue weighted by Gasteiger charge is 2.40. The van der Waals surface area contributed by atoms with Gasteiger partial charge in [-0.25, -0.2) is 13.1 Å². The van der Waals surface area contributed by atoms with Crippen LogP contribution in [0.5, 0.6) is 0 Å². The number of nitrogens with two attached hydrogens (primary N) is 1. The van der Waals surface area contributed by atoms with E-state index >= 15 is 0 Å². The Morgan fingerprint density at radius 2 is 1.46 bits per heavy atom. The highest BCUT2D eigenvalue weighted by molar-refractivity contribution is 7.90. The SMILES string of the molecule is CCCCCCCCCCCNS(=O)(=O)C(CC(=O)O)C(N)[N+](C)(C)C. The molecule has 0 aliphatic rings. The summed E-state index contributed by atoms with van der Waals surface area (Å²) in [5.74, 6) is -1.16. The van der Waals surface area contributed by atoms with E-state index in [2.05, 4.69) is 11.6 Å². The van der Waals surface area contributed by atoms with Crippen molar-refractivity contribution in [3.05, 3.63) is 0 Å². The Kier molecular flexibility index (Phi) is 12.3. The van der Waals surface area contributed by atoms with E-state index in [1.165, 1.54) is 38.5 Å². The molecular formula is C18H40N3O4S+. The Labute approximate surface area is 160 Å². The van der Waals surface area contributed by atoms with E-state index in [-0.39, 0.29) is 4.48 Å². The van der Waals surface area contributed by atoms with Crippen molar-refractivity contribution in [3.8, 4) is 0 Å². The number of hydrogen-bond acceptors (Lipinski definition) is 4. The van der Waals surface area contributed by atoms with Gasteiger partial charge in [0.2, 0.25) is 10.0 Å². The first-order valence-electron chi connectivity index (χ1n) is 9.79. The molecule has 0 radical (unpaired) electrons. The minimum absolute atomic E-state index is 0.177. The molecule has 26 heavy (non-hydrogen) atoms. The van der Waals surface area contributed by atoms with Gasteiger partial charge in [-0.05, 0) is 6.42 Å². The Morgan fingerprint density at radius 1 is 1.00 bits per heavy atom. The molecule has 0 aliphatic heterocycles. The third-order valence-corrected chi connectivity index (χ3v) is 6.48. The van der Waals surface area contributed by atoms with Crippen molar-refractivity contribution >= 4 is 16.0 Å². The number of carboxylic acid groups (broad SMARTS) is 1. The lowest BCUT2D eigenvalue weighted by Gasteiger charge is -2.35. The fourth-order valence-corrected chi connectivity index (χ4v) is 4.58. The van der Waals surface area contributed by atoms with Crippen molar-refractivity contribution in [2.75, 3.05) is 27.7 Å². The zero-order valence-corrected chi connectivity index (χ0v) is 17.9. The Bertz CT molecular complexity index is 489. The van der Waals surface area contributed by atoms with E-state index in [1.807, 2.05) is 0 Å². The summed E-state index contributed by atoms with van der Waals surface area (Å²) in [6.45, 7) is 2.54. The summed E-state index contributed by atoms with van der Waals surface area (Å²) in [5.41, 5.74) is 6.04. The van der Waals surface area contributed by atoms with Crippen molar-refractivity contribution in [3.63, 3.8) is 0 Å². The quantitative estimate of drug-likeness (QED) is 0.211. The highest BCUT2D eigenvalue weighted by Crippen LogP contribution is 2.15. The van der Waals surface area contributed by atoms with E-state index in [1.54, 1.807) is 21.1 Å². The minimum atomic E-state index is -3.78. The summed E-state index contributed by atoms with van der Waals surface area (Å²) in [6.07, 6.45) is 9.08. The van der Waals surface area contributed by atoms with Crippen LogP contribution in [0, 0.1) is 0 Å². The third kappa shape index (κ3) is 11.1. The molecule has 4 N–H and O–H groups in total. The number of aliphatic carboxylic acids is 1. The third-order valence-electron chi connectivity index (χ3n) is 4.63. The molecule has 0 aliphatic carbocycles. The van der Waals surface area contributed by atoms with Gasteiger partial charge in [0.15, 0.2) is 11.4 Å². The molecule has 0 spiro atoms. The average molecular weight is 395 g/mol. The number of carboxylic acids is 1. The molecule has 2 unspecified atom stereocenters. The van der Waals surface area contributed by atoms with Gasteiger partial charge in [-0.1, -0.05) is 58.3 Å². The summed E-state index contributed by atoms with van der Waals surface area (Å²) in [6, 6.07) is 0. The van der Waals surface area contributed by atoms with Gasteiger partial charge in [-0.15, -0.1) is 0 Å². The summed E-state index contributed by atoms with van der Waals surface area (Å²) in [5, 5.41) is 7.90. The van der Waals surface area contributed by atoms with E-state index in [9.17, 15) is 13.2 Å². The maximum absolute atomic E-state index is 12.5. The van der Waals surface area contributed by atoms with Crippen molar-refractivity contribution in [1.82, 2.24) is 4.72 Å². The van der Waals surface area contributed by atoms with Crippen LogP contribution in [0.15, 0.2) is 0 Å². The maximum Gasteiger partial charge on any atom is 0.305 e. The van der Waals surface area contributed by atoms with Gasteiger partial charge < -0.3 is 9.59 Å². The van der Waals surface area contributed by atoms with E-state index < -0.39 is 33.8 Å². The van der Waals surface area contributed by atoms with Crippen LogP contribution in [0.1, 0.15) is 71.1 Å². The Hall–Kier alpha value is -0.700. The molecule has 0 amide bonds. The highest BCUT2D eigenvalue weighted by atomic mass is 32.2. The lowest BCUT2D eigenvalue weighted by molar-refractivity contribution is -0.895. The lowest BCUT2D eigenvalue weighted by Crippen LogP contribution is -2.61. The number of nitrogens with zero attached hydrogens (tertiary/aromatic N) is 1. The molecule has 0 aromatic rings. The number of sulfonamides is 1. The van der Waals surface area contributed by atoms with Gasteiger partial charge in [0.05, 0.1) is 27.6 Å². The maximum atomic E-state index is 12.5. The number of unbranched alkanes of at least 4 members (excludes halogenated alkanes) is 8. The van der Waals surface area contributed by atoms with Crippen LogP contribution in [0.3, 0.4) is 0 Å². The minimum Gasteiger partial charge on any atom is -0.481 e. The molecule has 2 atom stereocenters. The van der Waals surface area contributed by atoms with Crippen LogP contribution in [-0.2, 0) is 14.8 Å². The normalized spacial score (nSPS) is 15.0. The average Bonchev–Trinajstić information content (AvgIpc) is 2.52. The Balaban J connectivity index is 4.28. The van der Waals surface area contributed by atoms with Crippen molar-refractivity contribution in [1.29, 1.82) is 0 Å². The predicted molar refractivity (Wildman–Crippen MR) is 106 cm³/mol. The Morgan fingerprint density at radius 3 is 1.88 bits per heavy atom. The van der Waals surface area contributed by atoms with Crippen molar-refractivity contribution in [2.45, 2.75) is 82.5 Å². The monoisotopic (exact) mass is 394 g/mol. The standard InChI is InChI=1S/C18H39N3O4S/c1-5-6-7-8-9-10-11-12-13-14-20-26(24,25)16(15-17(22)23)18(19)21(2,3)4/h16,18,20H,5-15,19H2,1-4H3/p+1. The second-order valence-electron chi connectivity index (χ2n) is 8.01. The molecule has 0 aromatic heterocycles. The summed E-state index contributed by atoms with van der Waals surface area (Å²) in [4.78, 5) is 11.1. The first-order valence-corrected chi connectivity index (χ1v) is 11.3. The molecule has 0 rings (SSSR count). The number of hydrogen-bond donors (Lipinski definition) is 3. The van der Waals surface area contributed by atoms with E-state index in [4.69, 9.17) is 10.8 Å². The van der Waals surface area contributed by atoms with E-state index in [0.717, 1.165) is 19.3 Å². The topological polar surface area (TPSA) is 109 Å².